The summed E-state index contributed by atoms with van der Waals surface area (Å²) in [6.07, 6.45) is 2.32. The molecule has 1 aliphatic rings. The van der Waals surface area contributed by atoms with Crippen molar-refractivity contribution < 1.29 is 18.9 Å². The molecule has 0 saturated heterocycles. The van der Waals surface area contributed by atoms with Crippen molar-refractivity contribution in [1.29, 1.82) is 0 Å². The van der Waals surface area contributed by atoms with E-state index in [0.717, 1.165) is 5.56 Å². The van der Waals surface area contributed by atoms with Crippen LogP contribution in [0.4, 0.5) is 10.3 Å². The van der Waals surface area contributed by atoms with Gasteiger partial charge in [-0.2, -0.15) is 0 Å². The van der Waals surface area contributed by atoms with Crippen molar-refractivity contribution in [2.75, 3.05) is 11.9 Å². The van der Waals surface area contributed by atoms with Crippen LogP contribution in [0.15, 0.2) is 66.9 Å². The molecule has 0 aliphatic carbocycles. The Bertz CT molecular complexity index is 1150. The fourth-order valence-corrected chi connectivity index (χ4v) is 3.72. The lowest BCUT2D eigenvalue weighted by atomic mass is 9.89. The number of anilines is 1. The number of halogens is 1. The highest BCUT2D eigenvalue weighted by Gasteiger charge is 2.46. The number of aldehydes is 1. The van der Waals surface area contributed by atoms with Gasteiger partial charge in [0.1, 0.15) is 11.5 Å². The minimum absolute atomic E-state index is 0.0323. The number of nitrogens with one attached hydrogen (secondary N) is 1. The molecule has 2 unspecified atom stereocenters. The maximum absolute atomic E-state index is 13.6. The third-order valence-corrected chi connectivity index (χ3v) is 5.34. The number of nitrogens with zero attached hydrogens (tertiary/aromatic N) is 3. The van der Waals surface area contributed by atoms with E-state index in [1.807, 2.05) is 44.2 Å². The number of carbonyl (C=O) groups is 1. The zero-order valence-corrected chi connectivity index (χ0v) is 18.7. The van der Waals surface area contributed by atoms with Gasteiger partial charge in [0.2, 0.25) is 5.95 Å². The summed E-state index contributed by atoms with van der Waals surface area (Å²) >= 11 is 0. The Morgan fingerprint density at radius 1 is 1.18 bits per heavy atom. The van der Waals surface area contributed by atoms with Crippen LogP contribution in [0.2, 0.25) is 0 Å². The van der Waals surface area contributed by atoms with E-state index in [0.29, 0.717) is 41.4 Å². The van der Waals surface area contributed by atoms with E-state index in [1.165, 1.54) is 17.4 Å². The third-order valence-electron chi connectivity index (χ3n) is 5.34. The predicted octanol–water partition coefficient (Wildman–Crippen LogP) is 4.81. The van der Waals surface area contributed by atoms with Gasteiger partial charge in [0, 0.05) is 11.8 Å². The molecule has 33 heavy (non-hydrogen) atoms. The Morgan fingerprint density at radius 2 is 1.91 bits per heavy atom. The van der Waals surface area contributed by atoms with Crippen molar-refractivity contribution in [3.63, 3.8) is 0 Å². The first-order valence-electron chi connectivity index (χ1n) is 10.7. The van der Waals surface area contributed by atoms with Gasteiger partial charge in [-0.1, -0.05) is 42.5 Å². The number of rotatable bonds is 8. The van der Waals surface area contributed by atoms with Crippen LogP contribution >= 0.6 is 0 Å². The summed E-state index contributed by atoms with van der Waals surface area (Å²) in [5.41, 5.74) is 1.83. The fraction of sp³-hybridized carbons (Fsp3) is 0.240. The highest BCUT2D eigenvalue weighted by Crippen LogP contribution is 2.44. The fourth-order valence-electron chi connectivity index (χ4n) is 3.72. The summed E-state index contributed by atoms with van der Waals surface area (Å²) in [6.45, 7) is 5.76. The number of hydrogen-bond acceptors (Lipinski definition) is 7. The average molecular weight is 448 g/mol. The molecule has 170 valence electrons. The van der Waals surface area contributed by atoms with Gasteiger partial charge in [-0.25, -0.2) is 24.0 Å². The molecule has 2 atom stereocenters. The molecule has 1 N–H and O–H groups in total. The first kappa shape index (κ1) is 22.6. The van der Waals surface area contributed by atoms with Crippen LogP contribution in [0.25, 0.3) is 11.3 Å². The van der Waals surface area contributed by atoms with E-state index in [4.69, 9.17) is 9.68 Å². The van der Waals surface area contributed by atoms with Crippen LogP contribution in [0.1, 0.15) is 43.6 Å². The monoisotopic (exact) mass is 448 g/mol. The van der Waals surface area contributed by atoms with Gasteiger partial charge < -0.3 is 5.32 Å². The third kappa shape index (κ3) is 4.62. The first-order valence-corrected chi connectivity index (χ1v) is 10.7. The average Bonchev–Trinajstić information content (AvgIpc) is 3.13. The summed E-state index contributed by atoms with van der Waals surface area (Å²) in [5.74, 6) is 0.0312. The van der Waals surface area contributed by atoms with Crippen LogP contribution in [0.3, 0.4) is 0 Å². The topological polar surface area (TPSA) is 76.6 Å². The second-order valence-corrected chi connectivity index (χ2v) is 7.76. The lowest BCUT2D eigenvalue weighted by molar-refractivity contribution is -0.336. The lowest BCUT2D eigenvalue weighted by Gasteiger charge is -2.22. The Kier molecular flexibility index (Phi) is 6.48. The Balaban J connectivity index is 1.79. The van der Waals surface area contributed by atoms with Gasteiger partial charge in [-0.05, 0) is 50.1 Å². The summed E-state index contributed by atoms with van der Waals surface area (Å²) < 4.78 is 13.6. The van der Waals surface area contributed by atoms with Gasteiger partial charge in [0.25, 0.3) is 0 Å². The number of aromatic nitrogens is 2. The minimum Gasteiger partial charge on any atom is -0.348 e. The molecule has 0 radical (unpaired) electrons. The van der Waals surface area contributed by atoms with Crippen LogP contribution < -0.4 is 5.32 Å². The summed E-state index contributed by atoms with van der Waals surface area (Å²) in [5, 5.41) is 4.51. The van der Waals surface area contributed by atoms with Gasteiger partial charge >= 0.3 is 0 Å². The molecule has 0 bridgehead atoms. The molecule has 4 rings (SSSR count). The van der Waals surface area contributed by atoms with Crippen LogP contribution in [-0.4, -0.2) is 33.7 Å². The van der Waals surface area contributed by atoms with E-state index in [-0.39, 0.29) is 11.9 Å². The Morgan fingerprint density at radius 3 is 2.58 bits per heavy atom. The van der Waals surface area contributed by atoms with Crippen LogP contribution in [0.5, 0.6) is 0 Å². The summed E-state index contributed by atoms with van der Waals surface area (Å²) in [6, 6.07) is 17.5. The molecule has 0 amide bonds. The quantitative estimate of drug-likeness (QED) is 0.496. The maximum atomic E-state index is 13.6. The highest BCUT2D eigenvalue weighted by molar-refractivity contribution is 6.01. The first-order chi connectivity index (χ1) is 15.9. The Hall–Kier alpha value is -3.62. The number of hydroxylamine groups is 2. The van der Waals surface area contributed by atoms with E-state index < -0.39 is 5.60 Å². The molecule has 3 aromatic rings. The van der Waals surface area contributed by atoms with E-state index in [9.17, 15) is 9.18 Å². The predicted molar refractivity (Wildman–Crippen MR) is 123 cm³/mol. The second-order valence-electron chi connectivity index (χ2n) is 7.76. The molecular formula is C25H25FN4O3. The van der Waals surface area contributed by atoms with Crippen LogP contribution in [0, 0.1) is 5.82 Å². The van der Waals surface area contributed by atoms with E-state index in [2.05, 4.69) is 15.3 Å². The summed E-state index contributed by atoms with van der Waals surface area (Å²) in [4.78, 5) is 32.7. The molecular weight excluding hydrogens is 423 g/mol. The smallest absolute Gasteiger partial charge is 0.223 e. The van der Waals surface area contributed by atoms with Crippen molar-refractivity contribution >= 4 is 23.5 Å². The molecule has 1 aliphatic heterocycles. The molecule has 1 aromatic heterocycles. The molecule has 0 spiro atoms. The lowest BCUT2D eigenvalue weighted by Crippen LogP contribution is -2.32. The zero-order chi connectivity index (χ0) is 23.4. The van der Waals surface area contributed by atoms with Crippen molar-refractivity contribution in [2.24, 2.45) is 0 Å². The van der Waals surface area contributed by atoms with Crippen molar-refractivity contribution in [2.45, 2.75) is 32.4 Å². The number of carbonyl (C=O) groups excluding carboxylic acids is 1. The summed E-state index contributed by atoms with van der Waals surface area (Å²) in [7, 11) is 0. The number of hydrogen-bond donors (Lipinski definition) is 1. The van der Waals surface area contributed by atoms with E-state index >= 15 is 0 Å². The zero-order valence-electron chi connectivity index (χ0n) is 18.7. The molecule has 2 aromatic carbocycles. The Labute approximate surface area is 191 Å². The normalized spacial score (nSPS) is 19.0. The van der Waals surface area contributed by atoms with Crippen molar-refractivity contribution in [3.8, 4) is 0 Å². The van der Waals surface area contributed by atoms with Gasteiger partial charge in [0.15, 0.2) is 11.9 Å². The highest BCUT2D eigenvalue weighted by atomic mass is 19.1. The SMILES string of the molecule is CCON1OC(C)(C=O)C(c2ccc(F)cc2)=C1c1ccnc(NC(C)c2ccccc2)n1. The minimum atomic E-state index is -1.35. The molecule has 0 saturated carbocycles. The van der Waals surface area contributed by atoms with Gasteiger partial charge in [0.05, 0.1) is 18.3 Å². The van der Waals surface area contributed by atoms with Crippen LogP contribution in [-0.2, 0) is 14.5 Å². The molecule has 7 nitrogen and oxygen atoms in total. The van der Waals surface area contributed by atoms with Gasteiger partial charge in [-0.3, -0.25) is 4.79 Å². The number of benzene rings is 2. The van der Waals surface area contributed by atoms with E-state index in [1.54, 1.807) is 31.3 Å². The molecule has 0 fully saturated rings. The van der Waals surface area contributed by atoms with Crippen molar-refractivity contribution in [1.82, 2.24) is 15.2 Å². The second kappa shape index (κ2) is 9.48. The maximum Gasteiger partial charge on any atom is 0.223 e. The molecule has 8 heteroatoms. The van der Waals surface area contributed by atoms with Gasteiger partial charge in [-0.15, -0.1) is 5.23 Å². The van der Waals surface area contributed by atoms with Crippen molar-refractivity contribution in [3.05, 3.63) is 89.5 Å². The largest absolute Gasteiger partial charge is 0.348 e. The molecule has 2 heterocycles. The standard InChI is InChI=1S/C25H25FN4O3/c1-4-32-30-23(22(25(3,16-31)33-30)19-10-12-20(26)13-11-19)21-14-15-27-24(29-21)28-17(2)18-8-6-5-7-9-18/h5-17H,4H2,1-3H3,(H,27,28,29).